The Morgan fingerprint density at radius 2 is 0.789 bits per heavy atom. The van der Waals surface area contributed by atoms with Crippen molar-refractivity contribution in [2.75, 3.05) is 4.90 Å². The first-order valence-electron chi connectivity index (χ1n) is 19.9. The fourth-order valence-corrected chi connectivity index (χ4v) is 15.1. The van der Waals surface area contributed by atoms with Gasteiger partial charge in [0.05, 0.1) is 0 Å². The number of nitrogens with zero attached hydrogens (tertiary/aromatic N) is 1. The van der Waals surface area contributed by atoms with E-state index in [9.17, 15) is 0 Å². The highest BCUT2D eigenvalue weighted by molar-refractivity contribution is 7.26. The van der Waals surface area contributed by atoms with Crippen LogP contribution in [-0.4, -0.2) is 14.8 Å². The molecule has 2 aliphatic heterocycles. The minimum atomic E-state index is -2.91. The van der Waals surface area contributed by atoms with Crippen LogP contribution in [0.15, 0.2) is 231 Å². The average molecular weight is 740 g/mol. The lowest BCUT2D eigenvalue weighted by molar-refractivity contribution is 1.29. The molecule has 0 fully saturated rings. The molecule has 9 aromatic carbocycles. The van der Waals surface area contributed by atoms with Crippen molar-refractivity contribution < 1.29 is 0 Å². The second-order valence-corrected chi connectivity index (χ2v) is 18.9. The van der Waals surface area contributed by atoms with Crippen LogP contribution in [0.5, 0.6) is 0 Å². The van der Waals surface area contributed by atoms with Gasteiger partial charge in [-0.3, -0.25) is 0 Å². The van der Waals surface area contributed by atoms with Crippen molar-refractivity contribution in [1.29, 1.82) is 0 Å². The van der Waals surface area contributed by atoms with Gasteiger partial charge in [0.2, 0.25) is 6.71 Å². The zero-order valence-corrected chi connectivity index (χ0v) is 32.5. The van der Waals surface area contributed by atoms with Gasteiger partial charge in [0.15, 0.2) is 8.07 Å². The Morgan fingerprint density at radius 3 is 1.39 bits per heavy atom. The van der Waals surface area contributed by atoms with E-state index in [1.807, 2.05) is 0 Å². The number of fused-ring (bicyclic) bond motifs is 4. The second-order valence-electron chi connectivity index (χ2n) is 15.2. The molecular weight excluding hydrogens is 701 g/mol. The summed E-state index contributed by atoms with van der Waals surface area (Å²) in [6, 6.07) is 86.1. The van der Waals surface area contributed by atoms with E-state index < -0.39 is 8.07 Å². The van der Waals surface area contributed by atoms with Crippen molar-refractivity contribution in [3.63, 3.8) is 0 Å². The van der Waals surface area contributed by atoms with Crippen LogP contribution >= 0.6 is 0 Å². The van der Waals surface area contributed by atoms with Crippen molar-refractivity contribution in [2.24, 2.45) is 0 Å². The number of rotatable bonds is 6. The van der Waals surface area contributed by atoms with E-state index in [-0.39, 0.29) is 6.71 Å². The van der Waals surface area contributed by atoms with Crippen LogP contribution in [0.25, 0.3) is 33.4 Å². The first-order chi connectivity index (χ1) is 28.3. The average Bonchev–Trinajstić information content (AvgIpc) is 3.30. The lowest BCUT2D eigenvalue weighted by Crippen LogP contribution is -2.87. The lowest BCUT2D eigenvalue weighted by atomic mass is 9.34. The second kappa shape index (κ2) is 13.7. The Hall–Kier alpha value is -6.94. The van der Waals surface area contributed by atoms with Crippen LogP contribution in [-0.2, 0) is 0 Å². The van der Waals surface area contributed by atoms with Crippen molar-refractivity contribution in [3.05, 3.63) is 231 Å². The van der Waals surface area contributed by atoms with Gasteiger partial charge in [-0.25, -0.2) is 0 Å². The smallest absolute Gasteiger partial charge is 0.246 e. The molecule has 1 nitrogen and oxygen atoms in total. The molecule has 266 valence electrons. The maximum atomic E-state index is 2.58. The number of anilines is 3. The molecule has 0 bridgehead atoms. The highest BCUT2D eigenvalue weighted by atomic mass is 28.3. The summed E-state index contributed by atoms with van der Waals surface area (Å²) in [7, 11) is -2.91. The SMILES string of the molecule is c1ccc(-c2ccc(N3c4ccc(-c5ccccc5)cc4B4c5ccccc5[Si](c5ccccc5)(c5ccccc5)c5cc(-c6ccccc6)cc3c54)cc2)cc1. The van der Waals surface area contributed by atoms with Crippen LogP contribution in [0.3, 0.4) is 0 Å². The fourth-order valence-electron chi connectivity index (χ4n) is 9.75. The summed E-state index contributed by atoms with van der Waals surface area (Å²) in [5.74, 6) is 0. The maximum Gasteiger partial charge on any atom is 0.246 e. The van der Waals surface area contributed by atoms with E-state index in [4.69, 9.17) is 0 Å². The zero-order chi connectivity index (χ0) is 37.8. The third-order valence-electron chi connectivity index (χ3n) is 12.2. The van der Waals surface area contributed by atoms with Crippen LogP contribution in [0.1, 0.15) is 0 Å². The van der Waals surface area contributed by atoms with E-state index in [1.54, 1.807) is 0 Å². The van der Waals surface area contributed by atoms with Crippen molar-refractivity contribution >= 4 is 69.0 Å². The summed E-state index contributed by atoms with van der Waals surface area (Å²) >= 11 is 0. The van der Waals surface area contributed by atoms with Crippen molar-refractivity contribution in [2.45, 2.75) is 0 Å². The highest BCUT2D eigenvalue weighted by Gasteiger charge is 2.53. The Bertz CT molecular complexity index is 2840. The molecule has 11 rings (SSSR count). The molecule has 9 aromatic rings. The Kier molecular flexibility index (Phi) is 8.01. The van der Waals surface area contributed by atoms with Gasteiger partial charge in [-0.15, -0.1) is 0 Å². The molecular formula is C54H38BNSi. The van der Waals surface area contributed by atoms with Crippen LogP contribution in [0.2, 0.25) is 0 Å². The molecule has 0 saturated carbocycles. The predicted molar refractivity (Wildman–Crippen MR) is 246 cm³/mol. The molecule has 0 spiro atoms. The van der Waals surface area contributed by atoms with E-state index >= 15 is 0 Å². The standard InChI is InChI=1S/C54H38BNSi/c1-6-18-39(19-7-1)42-30-33-45(34-31-42)56-50-35-32-43(40-20-8-2-9-21-40)36-49(50)55-48-28-16-17-29-52(48)57(46-24-12-4-13-25-46,47-26-14-5-15-27-47)53-38-44(37-51(56)54(53)55)41-22-10-3-11-23-41/h1-38H. The molecule has 0 aliphatic carbocycles. The molecule has 0 aromatic heterocycles. The van der Waals surface area contributed by atoms with Crippen LogP contribution in [0.4, 0.5) is 17.1 Å². The normalized spacial score (nSPS) is 13.3. The molecule has 57 heavy (non-hydrogen) atoms. The third kappa shape index (κ3) is 5.31. The van der Waals surface area contributed by atoms with Gasteiger partial charge in [0, 0.05) is 17.1 Å². The molecule has 0 amide bonds. The first kappa shape index (κ1) is 33.4. The summed E-state index contributed by atoms with van der Waals surface area (Å²) in [5.41, 5.74) is 15.1. The highest BCUT2D eigenvalue weighted by Crippen LogP contribution is 2.40. The Morgan fingerprint density at radius 1 is 0.316 bits per heavy atom. The summed E-state index contributed by atoms with van der Waals surface area (Å²) in [5, 5.41) is 5.73. The zero-order valence-electron chi connectivity index (χ0n) is 31.5. The molecule has 3 heteroatoms. The van der Waals surface area contributed by atoms with Crippen LogP contribution in [0, 0.1) is 0 Å². The molecule has 2 aliphatic rings. The summed E-state index contributed by atoms with van der Waals surface area (Å²) < 4.78 is 0. The van der Waals surface area contributed by atoms with E-state index in [0.29, 0.717) is 0 Å². The first-order valence-corrected chi connectivity index (χ1v) is 21.9. The van der Waals surface area contributed by atoms with E-state index in [1.165, 1.54) is 81.9 Å². The maximum absolute atomic E-state index is 2.91. The van der Waals surface area contributed by atoms with Crippen molar-refractivity contribution in [1.82, 2.24) is 0 Å². The topological polar surface area (TPSA) is 3.24 Å². The molecule has 0 atom stereocenters. The van der Waals surface area contributed by atoms with Gasteiger partial charge in [-0.05, 0) is 89.3 Å². The summed E-state index contributed by atoms with van der Waals surface area (Å²) in [6.07, 6.45) is 0. The Balaban J connectivity index is 1.28. The van der Waals surface area contributed by atoms with Crippen LogP contribution < -0.4 is 42.0 Å². The number of hydrogen-bond acceptors (Lipinski definition) is 1. The number of benzene rings is 9. The summed E-state index contributed by atoms with van der Waals surface area (Å²) in [4.78, 5) is 2.56. The summed E-state index contributed by atoms with van der Waals surface area (Å²) in [6.45, 7) is 0.0441. The van der Waals surface area contributed by atoms with E-state index in [2.05, 4.69) is 235 Å². The monoisotopic (exact) mass is 739 g/mol. The van der Waals surface area contributed by atoms with Gasteiger partial charge in [0.1, 0.15) is 0 Å². The van der Waals surface area contributed by atoms with Gasteiger partial charge in [-0.1, -0.05) is 212 Å². The minimum Gasteiger partial charge on any atom is -0.312 e. The molecule has 0 N–H and O–H groups in total. The fraction of sp³-hybridized carbons (Fsp3) is 0. The predicted octanol–water partition coefficient (Wildman–Crippen LogP) is 8.68. The molecule has 0 radical (unpaired) electrons. The quantitative estimate of drug-likeness (QED) is 0.154. The van der Waals surface area contributed by atoms with E-state index in [0.717, 1.165) is 5.69 Å². The molecule has 0 unspecified atom stereocenters. The third-order valence-corrected chi connectivity index (χ3v) is 17.1. The Labute approximate surface area is 336 Å². The largest absolute Gasteiger partial charge is 0.312 e. The van der Waals surface area contributed by atoms with Gasteiger partial charge in [0.25, 0.3) is 0 Å². The minimum absolute atomic E-state index is 0.0441. The van der Waals surface area contributed by atoms with Crippen molar-refractivity contribution in [3.8, 4) is 33.4 Å². The number of hydrogen-bond donors (Lipinski definition) is 0. The van der Waals surface area contributed by atoms with Gasteiger partial charge >= 0.3 is 0 Å². The molecule has 2 heterocycles. The van der Waals surface area contributed by atoms with Gasteiger partial charge in [-0.2, -0.15) is 0 Å². The van der Waals surface area contributed by atoms with Gasteiger partial charge < -0.3 is 4.90 Å². The lowest BCUT2D eigenvalue weighted by Gasteiger charge is -2.47. The molecule has 0 saturated heterocycles.